The quantitative estimate of drug-likeness (QED) is 0.783. The molecule has 3 aliphatic rings. The van der Waals surface area contributed by atoms with Gasteiger partial charge in [-0.15, -0.1) is 5.10 Å². The molecule has 1 heterocycles. The van der Waals surface area contributed by atoms with Gasteiger partial charge in [0.25, 0.3) is 0 Å². The van der Waals surface area contributed by atoms with Crippen molar-refractivity contribution in [1.29, 1.82) is 5.26 Å². The fourth-order valence-corrected chi connectivity index (χ4v) is 4.57. The molecular formula is C20H14F2N4O. The second kappa shape index (κ2) is 5.19. The van der Waals surface area contributed by atoms with Gasteiger partial charge in [-0.1, -0.05) is 11.6 Å². The van der Waals surface area contributed by atoms with Crippen LogP contribution in [0.2, 0.25) is 0 Å². The van der Waals surface area contributed by atoms with Gasteiger partial charge < -0.3 is 4.90 Å². The van der Waals surface area contributed by atoms with Gasteiger partial charge in [-0.3, -0.25) is 4.79 Å². The van der Waals surface area contributed by atoms with Crippen LogP contribution >= 0.6 is 0 Å². The number of hydrogen-bond acceptors (Lipinski definition) is 4. The molecule has 0 unspecified atom stereocenters. The molecule has 5 nitrogen and oxygen atoms in total. The minimum atomic E-state index is -0.793. The van der Waals surface area contributed by atoms with Gasteiger partial charge in [0.1, 0.15) is 17.0 Å². The Labute approximate surface area is 153 Å². The van der Waals surface area contributed by atoms with E-state index in [1.807, 2.05) is 6.07 Å². The standard InChI is InChI=1S/C20H14F2N4O/c1-26(7-3-6-23)19(27)20-9-11-15(17(11)20)10-8-14(24-25-18(10)20)16-12(21)4-2-5-13(16)22/h2,4-5,8,15H,3,7,9H2,1H3/t15-,20-/m0/s1. The lowest BCUT2D eigenvalue weighted by Crippen LogP contribution is -2.47. The van der Waals surface area contributed by atoms with Crippen LogP contribution in [0.1, 0.15) is 30.0 Å². The maximum Gasteiger partial charge on any atom is 0.239 e. The van der Waals surface area contributed by atoms with Gasteiger partial charge in [-0.2, -0.15) is 10.4 Å². The first-order valence-electron chi connectivity index (χ1n) is 8.69. The Bertz CT molecular complexity index is 1080. The molecule has 0 aliphatic heterocycles. The maximum atomic E-state index is 14.1. The maximum absolute atomic E-state index is 14.1. The largest absolute Gasteiger partial charge is 0.344 e. The van der Waals surface area contributed by atoms with E-state index >= 15 is 0 Å². The summed E-state index contributed by atoms with van der Waals surface area (Å²) in [5.74, 6) is -1.42. The first-order valence-corrected chi connectivity index (χ1v) is 8.69. The van der Waals surface area contributed by atoms with Crippen molar-refractivity contribution in [1.82, 2.24) is 15.1 Å². The summed E-state index contributed by atoms with van der Waals surface area (Å²) in [6.45, 7) is 0.353. The third kappa shape index (κ3) is 1.87. The molecule has 0 radical (unpaired) electrons. The number of fused-ring (bicyclic) bond motifs is 4. The molecule has 134 valence electrons. The first-order chi connectivity index (χ1) is 13.0. The molecule has 2 aromatic rings. The van der Waals surface area contributed by atoms with Gasteiger partial charge >= 0.3 is 0 Å². The van der Waals surface area contributed by atoms with Crippen LogP contribution in [0.4, 0.5) is 8.78 Å². The van der Waals surface area contributed by atoms with Crippen molar-refractivity contribution in [3.8, 4) is 17.3 Å². The van der Waals surface area contributed by atoms with Crippen LogP contribution in [-0.2, 0) is 10.2 Å². The van der Waals surface area contributed by atoms with Crippen LogP contribution in [0.25, 0.3) is 11.3 Å². The van der Waals surface area contributed by atoms with E-state index in [-0.39, 0.29) is 29.5 Å². The van der Waals surface area contributed by atoms with E-state index in [4.69, 9.17) is 5.26 Å². The number of aromatic nitrogens is 2. The van der Waals surface area contributed by atoms with Crippen molar-refractivity contribution >= 4 is 5.91 Å². The molecule has 5 rings (SSSR count). The number of rotatable bonds is 4. The number of carbonyl (C=O) groups excluding carboxylic acids is 1. The number of carbonyl (C=O) groups is 1. The molecule has 0 saturated heterocycles. The summed E-state index contributed by atoms with van der Waals surface area (Å²) >= 11 is 0. The highest BCUT2D eigenvalue weighted by Crippen LogP contribution is 2.76. The molecule has 27 heavy (non-hydrogen) atoms. The Morgan fingerprint density at radius 1 is 1.37 bits per heavy atom. The van der Waals surface area contributed by atoms with Gasteiger partial charge in [0.15, 0.2) is 0 Å². The van der Waals surface area contributed by atoms with Crippen molar-refractivity contribution < 1.29 is 13.6 Å². The van der Waals surface area contributed by atoms with Crippen molar-refractivity contribution in [2.75, 3.05) is 13.6 Å². The number of allylic oxidation sites excluding steroid dienone is 1. The van der Waals surface area contributed by atoms with E-state index in [1.54, 1.807) is 18.0 Å². The van der Waals surface area contributed by atoms with Crippen LogP contribution in [0.5, 0.6) is 0 Å². The number of nitriles is 1. The zero-order valence-corrected chi connectivity index (χ0v) is 14.5. The summed E-state index contributed by atoms with van der Waals surface area (Å²) in [4.78, 5) is 14.6. The van der Waals surface area contributed by atoms with Gasteiger partial charge in [-0.05, 0) is 35.8 Å². The van der Waals surface area contributed by atoms with Gasteiger partial charge in [0.2, 0.25) is 5.91 Å². The molecule has 0 N–H and O–H groups in total. The summed E-state index contributed by atoms with van der Waals surface area (Å²) in [7, 11) is 1.68. The fraction of sp³-hybridized carbons (Fsp3) is 0.300. The molecule has 0 spiro atoms. The van der Waals surface area contributed by atoms with Crippen LogP contribution in [0, 0.1) is 23.0 Å². The molecule has 0 fully saturated rings. The molecule has 0 bridgehead atoms. The second-order valence-electron chi connectivity index (χ2n) is 7.22. The molecule has 1 aromatic carbocycles. The van der Waals surface area contributed by atoms with E-state index in [1.165, 1.54) is 23.8 Å². The van der Waals surface area contributed by atoms with Gasteiger partial charge in [-0.25, -0.2) is 8.78 Å². The fourth-order valence-electron chi connectivity index (χ4n) is 4.57. The van der Waals surface area contributed by atoms with Crippen molar-refractivity contribution in [2.24, 2.45) is 0 Å². The van der Waals surface area contributed by atoms with Crippen LogP contribution in [0.3, 0.4) is 0 Å². The Kier molecular flexibility index (Phi) is 3.09. The lowest BCUT2D eigenvalue weighted by atomic mass is 9.71. The van der Waals surface area contributed by atoms with Crippen molar-refractivity contribution in [3.63, 3.8) is 0 Å². The topological polar surface area (TPSA) is 69.9 Å². The summed E-state index contributed by atoms with van der Waals surface area (Å²) in [5.41, 5.74) is 2.83. The highest BCUT2D eigenvalue weighted by atomic mass is 19.1. The third-order valence-electron chi connectivity index (χ3n) is 5.84. The minimum absolute atomic E-state index is 0.0531. The molecule has 0 saturated carbocycles. The predicted molar refractivity (Wildman–Crippen MR) is 91.3 cm³/mol. The van der Waals surface area contributed by atoms with E-state index in [9.17, 15) is 13.6 Å². The van der Waals surface area contributed by atoms with Crippen LogP contribution in [0.15, 0.2) is 35.4 Å². The second-order valence-corrected chi connectivity index (χ2v) is 7.22. The summed E-state index contributed by atoms with van der Waals surface area (Å²) in [5, 5.41) is 17.0. The molecule has 1 aromatic heterocycles. The Morgan fingerprint density at radius 3 is 2.81 bits per heavy atom. The molecular weight excluding hydrogens is 350 g/mol. The van der Waals surface area contributed by atoms with Crippen molar-refractivity contribution in [3.05, 3.63) is 58.3 Å². The number of amides is 1. The lowest BCUT2D eigenvalue weighted by molar-refractivity contribution is -0.135. The Hall–Kier alpha value is -3.14. The van der Waals surface area contributed by atoms with Crippen molar-refractivity contribution in [2.45, 2.75) is 24.2 Å². The minimum Gasteiger partial charge on any atom is -0.344 e. The van der Waals surface area contributed by atoms with Gasteiger partial charge in [0, 0.05) is 19.5 Å². The monoisotopic (exact) mass is 364 g/mol. The zero-order chi connectivity index (χ0) is 18.9. The molecule has 1 amide bonds. The zero-order valence-electron chi connectivity index (χ0n) is 14.5. The Morgan fingerprint density at radius 2 is 2.11 bits per heavy atom. The number of likely N-dealkylation sites (N-methyl/N-ethyl adjacent to an activating group) is 1. The number of halogens is 2. The van der Waals surface area contributed by atoms with Gasteiger partial charge in [0.05, 0.1) is 29.4 Å². The average molecular weight is 364 g/mol. The third-order valence-corrected chi connectivity index (χ3v) is 5.84. The van der Waals surface area contributed by atoms with E-state index < -0.39 is 17.0 Å². The normalized spacial score (nSPS) is 23.3. The molecule has 3 aliphatic carbocycles. The smallest absolute Gasteiger partial charge is 0.239 e. The lowest BCUT2D eigenvalue weighted by Gasteiger charge is -2.36. The predicted octanol–water partition coefficient (Wildman–Crippen LogP) is 2.84. The molecule has 2 atom stereocenters. The number of hydrogen-bond donors (Lipinski definition) is 0. The SMILES string of the molecule is CN(CCC#N)C(=O)[C@@]12CC3=C1[C@H]3c1cc(-c3c(F)cccc3F)nnc12. The van der Waals surface area contributed by atoms with E-state index in [2.05, 4.69) is 10.2 Å². The van der Waals surface area contributed by atoms with E-state index in [0.29, 0.717) is 18.7 Å². The number of nitrogens with zero attached hydrogens (tertiary/aromatic N) is 4. The summed E-state index contributed by atoms with van der Waals surface area (Å²) < 4.78 is 28.2. The summed E-state index contributed by atoms with van der Waals surface area (Å²) in [6, 6.07) is 7.37. The average Bonchev–Trinajstić information content (AvgIpc) is 3.19. The Balaban J connectivity index is 1.55. The van der Waals surface area contributed by atoms with E-state index in [0.717, 1.165) is 11.1 Å². The summed E-state index contributed by atoms with van der Waals surface area (Å²) in [6.07, 6.45) is 0.884. The highest BCUT2D eigenvalue weighted by molar-refractivity contribution is 6.02. The number of benzene rings is 1. The highest BCUT2D eigenvalue weighted by Gasteiger charge is 2.72. The molecule has 7 heteroatoms. The van der Waals surface area contributed by atoms with Crippen LogP contribution in [-0.4, -0.2) is 34.6 Å². The van der Waals surface area contributed by atoms with Crippen LogP contribution < -0.4 is 0 Å². The first kappa shape index (κ1) is 16.1.